The van der Waals surface area contributed by atoms with Gasteiger partial charge in [0.1, 0.15) is 0 Å². The summed E-state index contributed by atoms with van der Waals surface area (Å²) >= 11 is 0. The SMILES string of the molecule is C/C(C(=O)O)=C(\CN1CCCCC1)C(=O)O. The van der Waals surface area contributed by atoms with Crippen LogP contribution in [0, 0.1) is 0 Å². The van der Waals surface area contributed by atoms with Gasteiger partial charge < -0.3 is 10.2 Å². The average Bonchev–Trinajstić information content (AvgIpc) is 2.26. The number of hydrogen-bond acceptors (Lipinski definition) is 3. The molecular formula is C11H17NO4. The van der Waals surface area contributed by atoms with E-state index in [0.29, 0.717) is 0 Å². The van der Waals surface area contributed by atoms with E-state index in [-0.39, 0.29) is 17.7 Å². The Hall–Kier alpha value is -1.36. The Morgan fingerprint density at radius 3 is 2.06 bits per heavy atom. The number of carboxylic acid groups (broad SMARTS) is 2. The van der Waals surface area contributed by atoms with Crippen LogP contribution in [0.2, 0.25) is 0 Å². The molecule has 1 fully saturated rings. The van der Waals surface area contributed by atoms with Gasteiger partial charge in [0, 0.05) is 12.1 Å². The molecule has 1 aliphatic rings. The predicted molar refractivity (Wildman–Crippen MR) is 58.3 cm³/mol. The molecule has 0 unspecified atom stereocenters. The fourth-order valence-corrected chi connectivity index (χ4v) is 1.82. The van der Waals surface area contributed by atoms with Crippen molar-refractivity contribution in [1.29, 1.82) is 0 Å². The molecule has 1 saturated heterocycles. The van der Waals surface area contributed by atoms with E-state index < -0.39 is 11.9 Å². The number of aliphatic carboxylic acids is 2. The largest absolute Gasteiger partial charge is 0.478 e. The van der Waals surface area contributed by atoms with E-state index in [1.54, 1.807) is 0 Å². The minimum atomic E-state index is -1.16. The monoisotopic (exact) mass is 227 g/mol. The maximum absolute atomic E-state index is 11.0. The molecule has 0 aromatic heterocycles. The predicted octanol–water partition coefficient (Wildman–Crippen LogP) is 0.958. The second-order valence-electron chi connectivity index (χ2n) is 4.05. The molecule has 0 aromatic carbocycles. The fourth-order valence-electron chi connectivity index (χ4n) is 1.82. The van der Waals surface area contributed by atoms with Crippen molar-refractivity contribution in [3.05, 3.63) is 11.1 Å². The lowest BCUT2D eigenvalue weighted by Crippen LogP contribution is -2.33. The van der Waals surface area contributed by atoms with Gasteiger partial charge in [0.2, 0.25) is 0 Å². The molecule has 0 saturated carbocycles. The van der Waals surface area contributed by atoms with Crippen LogP contribution in [-0.4, -0.2) is 46.7 Å². The summed E-state index contributed by atoms with van der Waals surface area (Å²) in [5, 5.41) is 17.8. The summed E-state index contributed by atoms with van der Waals surface area (Å²) in [4.78, 5) is 23.7. The summed E-state index contributed by atoms with van der Waals surface area (Å²) in [7, 11) is 0. The maximum Gasteiger partial charge on any atom is 0.333 e. The molecule has 0 aliphatic carbocycles. The molecular weight excluding hydrogens is 210 g/mol. The fraction of sp³-hybridized carbons (Fsp3) is 0.636. The zero-order valence-corrected chi connectivity index (χ0v) is 9.40. The first-order valence-electron chi connectivity index (χ1n) is 5.41. The van der Waals surface area contributed by atoms with Crippen LogP contribution in [0.5, 0.6) is 0 Å². The van der Waals surface area contributed by atoms with Crippen LogP contribution in [-0.2, 0) is 9.59 Å². The van der Waals surface area contributed by atoms with E-state index in [1.165, 1.54) is 13.3 Å². The average molecular weight is 227 g/mol. The van der Waals surface area contributed by atoms with Crippen molar-refractivity contribution in [2.45, 2.75) is 26.2 Å². The molecule has 1 rings (SSSR count). The summed E-state index contributed by atoms with van der Waals surface area (Å²) in [6, 6.07) is 0. The third-order valence-corrected chi connectivity index (χ3v) is 2.86. The molecule has 0 radical (unpaired) electrons. The van der Waals surface area contributed by atoms with Gasteiger partial charge in [-0.25, -0.2) is 9.59 Å². The number of carboxylic acids is 2. The van der Waals surface area contributed by atoms with Crippen molar-refractivity contribution in [2.75, 3.05) is 19.6 Å². The second-order valence-corrected chi connectivity index (χ2v) is 4.05. The third kappa shape index (κ3) is 3.34. The van der Waals surface area contributed by atoms with Gasteiger partial charge in [0.25, 0.3) is 0 Å². The van der Waals surface area contributed by atoms with E-state index in [1.807, 2.05) is 4.90 Å². The Bertz CT molecular complexity index is 316. The van der Waals surface area contributed by atoms with Crippen molar-refractivity contribution in [3.8, 4) is 0 Å². The molecule has 0 bridgehead atoms. The Morgan fingerprint density at radius 2 is 1.62 bits per heavy atom. The zero-order chi connectivity index (χ0) is 12.1. The topological polar surface area (TPSA) is 77.8 Å². The minimum Gasteiger partial charge on any atom is -0.478 e. The Morgan fingerprint density at radius 1 is 1.06 bits per heavy atom. The zero-order valence-electron chi connectivity index (χ0n) is 9.40. The summed E-state index contributed by atoms with van der Waals surface area (Å²) in [6.07, 6.45) is 3.28. The standard InChI is InChI=1S/C11H17NO4/c1-8(10(13)14)9(11(15)16)7-12-5-3-2-4-6-12/h2-7H2,1H3,(H,13,14)(H,15,16)/b9-8-. The van der Waals surface area contributed by atoms with Crippen LogP contribution in [0.15, 0.2) is 11.1 Å². The van der Waals surface area contributed by atoms with Gasteiger partial charge in [-0.2, -0.15) is 0 Å². The van der Waals surface area contributed by atoms with Gasteiger partial charge in [0.15, 0.2) is 0 Å². The molecule has 0 aromatic rings. The summed E-state index contributed by atoms with van der Waals surface area (Å²) < 4.78 is 0. The third-order valence-electron chi connectivity index (χ3n) is 2.86. The number of hydrogen-bond donors (Lipinski definition) is 2. The highest BCUT2D eigenvalue weighted by Crippen LogP contribution is 2.13. The molecule has 1 heterocycles. The maximum atomic E-state index is 11.0. The van der Waals surface area contributed by atoms with Crippen molar-refractivity contribution < 1.29 is 19.8 Å². The molecule has 5 heteroatoms. The van der Waals surface area contributed by atoms with E-state index in [9.17, 15) is 9.59 Å². The van der Waals surface area contributed by atoms with E-state index in [2.05, 4.69) is 0 Å². The number of rotatable bonds is 4. The number of likely N-dealkylation sites (tertiary alicyclic amines) is 1. The van der Waals surface area contributed by atoms with Crippen LogP contribution >= 0.6 is 0 Å². The number of piperidine rings is 1. The van der Waals surface area contributed by atoms with Gasteiger partial charge >= 0.3 is 11.9 Å². The van der Waals surface area contributed by atoms with Crippen molar-refractivity contribution in [2.24, 2.45) is 0 Å². The summed E-state index contributed by atoms with van der Waals surface area (Å²) in [5.74, 6) is -2.29. The molecule has 1 aliphatic heterocycles. The van der Waals surface area contributed by atoms with Crippen molar-refractivity contribution in [3.63, 3.8) is 0 Å². The Balaban J connectivity index is 2.75. The first kappa shape index (κ1) is 12.7. The molecule has 0 amide bonds. The molecule has 0 spiro atoms. The molecule has 90 valence electrons. The summed E-state index contributed by atoms with van der Waals surface area (Å²) in [5.41, 5.74) is -0.0764. The highest BCUT2D eigenvalue weighted by atomic mass is 16.4. The van der Waals surface area contributed by atoms with E-state index in [4.69, 9.17) is 10.2 Å². The van der Waals surface area contributed by atoms with E-state index >= 15 is 0 Å². The highest BCUT2D eigenvalue weighted by molar-refractivity contribution is 5.98. The lowest BCUT2D eigenvalue weighted by atomic mass is 10.1. The van der Waals surface area contributed by atoms with Crippen LogP contribution in [0.1, 0.15) is 26.2 Å². The van der Waals surface area contributed by atoms with Crippen LogP contribution in [0.4, 0.5) is 0 Å². The molecule has 16 heavy (non-hydrogen) atoms. The Kier molecular flexibility index (Phi) is 4.49. The normalized spacial score (nSPS) is 19.1. The lowest BCUT2D eigenvalue weighted by Gasteiger charge is -2.26. The minimum absolute atomic E-state index is 0.00519. The lowest BCUT2D eigenvalue weighted by molar-refractivity contribution is -0.136. The first-order valence-corrected chi connectivity index (χ1v) is 5.41. The van der Waals surface area contributed by atoms with Gasteiger partial charge in [-0.05, 0) is 32.9 Å². The van der Waals surface area contributed by atoms with Crippen molar-refractivity contribution >= 4 is 11.9 Å². The number of carbonyl (C=O) groups is 2. The van der Waals surface area contributed by atoms with Gasteiger partial charge in [0.05, 0.1) is 5.57 Å². The van der Waals surface area contributed by atoms with Crippen LogP contribution in [0.3, 0.4) is 0 Å². The molecule has 2 N–H and O–H groups in total. The quantitative estimate of drug-likeness (QED) is 0.699. The Labute approximate surface area is 94.4 Å². The highest BCUT2D eigenvalue weighted by Gasteiger charge is 2.20. The summed E-state index contributed by atoms with van der Waals surface area (Å²) in [6.45, 7) is 3.27. The van der Waals surface area contributed by atoms with Crippen molar-refractivity contribution in [1.82, 2.24) is 4.90 Å². The number of nitrogens with zero attached hydrogens (tertiary/aromatic N) is 1. The molecule has 5 nitrogen and oxygen atoms in total. The van der Waals surface area contributed by atoms with Crippen LogP contribution in [0.25, 0.3) is 0 Å². The van der Waals surface area contributed by atoms with Crippen LogP contribution < -0.4 is 0 Å². The molecule has 0 atom stereocenters. The van der Waals surface area contributed by atoms with E-state index in [0.717, 1.165) is 25.9 Å². The smallest absolute Gasteiger partial charge is 0.333 e. The second kappa shape index (κ2) is 5.65. The van der Waals surface area contributed by atoms with Gasteiger partial charge in [-0.15, -0.1) is 0 Å². The van der Waals surface area contributed by atoms with Gasteiger partial charge in [-0.1, -0.05) is 6.42 Å². The first-order chi connectivity index (χ1) is 7.52. The van der Waals surface area contributed by atoms with Gasteiger partial charge in [-0.3, -0.25) is 4.90 Å².